The van der Waals surface area contributed by atoms with Gasteiger partial charge in [0, 0.05) is 19.7 Å². The van der Waals surface area contributed by atoms with Gasteiger partial charge in [0.25, 0.3) is 0 Å². The second kappa shape index (κ2) is 5.02. The lowest BCUT2D eigenvalue weighted by Crippen LogP contribution is -2.38. The minimum atomic E-state index is 0.0962. The molecule has 0 saturated carbocycles. The predicted octanol–water partition coefficient (Wildman–Crippen LogP) is 0.793. The Morgan fingerprint density at radius 1 is 1.54 bits per heavy atom. The van der Waals surface area contributed by atoms with E-state index in [4.69, 9.17) is 5.11 Å². The molecule has 1 fully saturated rings. The minimum absolute atomic E-state index is 0.0962. The number of aliphatic hydroxyl groups is 1. The molecule has 1 rings (SSSR count). The van der Waals surface area contributed by atoms with Crippen molar-refractivity contribution in [2.24, 2.45) is 5.92 Å². The van der Waals surface area contributed by atoms with Crippen molar-refractivity contribution < 1.29 is 9.90 Å². The van der Waals surface area contributed by atoms with Crippen LogP contribution in [-0.4, -0.2) is 35.6 Å². The summed E-state index contributed by atoms with van der Waals surface area (Å²) in [7, 11) is 0. The van der Waals surface area contributed by atoms with Crippen LogP contribution >= 0.6 is 0 Å². The van der Waals surface area contributed by atoms with Gasteiger partial charge in [-0.1, -0.05) is 6.08 Å². The lowest BCUT2D eigenvalue weighted by molar-refractivity contribution is -0.127. The van der Waals surface area contributed by atoms with Crippen molar-refractivity contribution in [3.05, 3.63) is 12.2 Å². The standard InChI is InChI=1S/C10H17NO2/c1-2-3-10(13)11-6-4-9(8-12)5-7-11/h2-3,9,12H,4-8H2,1H3/b3-2+. The Bertz CT molecular complexity index is 193. The molecule has 0 bridgehead atoms. The highest BCUT2D eigenvalue weighted by atomic mass is 16.3. The Balaban J connectivity index is 2.36. The van der Waals surface area contributed by atoms with E-state index in [1.807, 2.05) is 11.8 Å². The summed E-state index contributed by atoms with van der Waals surface area (Å²) in [6.07, 6.45) is 5.22. The molecular weight excluding hydrogens is 166 g/mol. The Labute approximate surface area is 79.0 Å². The molecule has 0 aromatic rings. The molecule has 3 nitrogen and oxygen atoms in total. The van der Waals surface area contributed by atoms with Crippen LogP contribution in [0.5, 0.6) is 0 Å². The zero-order valence-corrected chi connectivity index (χ0v) is 8.07. The molecule has 74 valence electrons. The van der Waals surface area contributed by atoms with Crippen molar-refractivity contribution in [3.8, 4) is 0 Å². The van der Waals surface area contributed by atoms with Crippen LogP contribution in [-0.2, 0) is 4.79 Å². The van der Waals surface area contributed by atoms with Gasteiger partial charge in [0.15, 0.2) is 0 Å². The second-order valence-corrected chi connectivity index (χ2v) is 3.45. The molecule has 1 saturated heterocycles. The van der Waals surface area contributed by atoms with Crippen molar-refractivity contribution in [1.29, 1.82) is 0 Å². The number of nitrogens with zero attached hydrogens (tertiary/aromatic N) is 1. The van der Waals surface area contributed by atoms with E-state index in [0.717, 1.165) is 25.9 Å². The number of carbonyl (C=O) groups is 1. The molecule has 3 heteroatoms. The third-order valence-electron chi connectivity index (χ3n) is 2.49. The quantitative estimate of drug-likeness (QED) is 0.643. The summed E-state index contributed by atoms with van der Waals surface area (Å²) in [5.41, 5.74) is 0. The molecule has 0 aromatic carbocycles. The van der Waals surface area contributed by atoms with E-state index in [1.54, 1.807) is 12.2 Å². The maximum absolute atomic E-state index is 11.4. The van der Waals surface area contributed by atoms with Crippen LogP contribution in [0, 0.1) is 5.92 Å². The first kappa shape index (κ1) is 10.3. The molecule has 1 heterocycles. The third-order valence-corrected chi connectivity index (χ3v) is 2.49. The number of likely N-dealkylation sites (tertiary alicyclic amines) is 1. The number of amides is 1. The molecular formula is C10H17NO2. The largest absolute Gasteiger partial charge is 0.396 e. The summed E-state index contributed by atoms with van der Waals surface area (Å²) >= 11 is 0. The maximum atomic E-state index is 11.4. The molecule has 0 atom stereocenters. The molecule has 0 aliphatic carbocycles. The van der Waals surface area contributed by atoms with Gasteiger partial charge in [-0.3, -0.25) is 4.79 Å². The van der Waals surface area contributed by atoms with Gasteiger partial charge in [-0.05, 0) is 31.8 Å². The van der Waals surface area contributed by atoms with Crippen LogP contribution in [0.2, 0.25) is 0 Å². The minimum Gasteiger partial charge on any atom is -0.396 e. The summed E-state index contributed by atoms with van der Waals surface area (Å²) < 4.78 is 0. The van der Waals surface area contributed by atoms with Gasteiger partial charge in [0.1, 0.15) is 0 Å². The maximum Gasteiger partial charge on any atom is 0.246 e. The van der Waals surface area contributed by atoms with E-state index in [0.29, 0.717) is 5.92 Å². The monoisotopic (exact) mass is 183 g/mol. The third kappa shape index (κ3) is 2.84. The molecule has 0 radical (unpaired) electrons. The van der Waals surface area contributed by atoms with Crippen LogP contribution in [0.4, 0.5) is 0 Å². The van der Waals surface area contributed by atoms with Crippen LogP contribution < -0.4 is 0 Å². The summed E-state index contributed by atoms with van der Waals surface area (Å²) in [6, 6.07) is 0. The fraction of sp³-hybridized carbons (Fsp3) is 0.700. The summed E-state index contributed by atoms with van der Waals surface area (Å²) in [5, 5.41) is 8.90. The summed E-state index contributed by atoms with van der Waals surface area (Å²) in [6.45, 7) is 3.67. The van der Waals surface area contributed by atoms with Crippen LogP contribution in [0.25, 0.3) is 0 Å². The Hall–Kier alpha value is -0.830. The number of allylic oxidation sites excluding steroid dienone is 1. The smallest absolute Gasteiger partial charge is 0.246 e. The van der Waals surface area contributed by atoms with Crippen molar-refractivity contribution in [2.45, 2.75) is 19.8 Å². The molecule has 1 aliphatic heterocycles. The number of hydrogen-bond acceptors (Lipinski definition) is 2. The molecule has 1 amide bonds. The SMILES string of the molecule is C/C=C/C(=O)N1CCC(CO)CC1. The normalized spacial score (nSPS) is 19.7. The van der Waals surface area contributed by atoms with Crippen molar-refractivity contribution in [1.82, 2.24) is 4.90 Å². The number of hydrogen-bond donors (Lipinski definition) is 1. The zero-order valence-electron chi connectivity index (χ0n) is 8.07. The van der Waals surface area contributed by atoms with E-state index >= 15 is 0 Å². The fourth-order valence-corrected chi connectivity index (χ4v) is 1.58. The first-order chi connectivity index (χ1) is 6.27. The van der Waals surface area contributed by atoms with E-state index in [9.17, 15) is 4.79 Å². The van der Waals surface area contributed by atoms with Gasteiger partial charge in [0.2, 0.25) is 5.91 Å². The molecule has 13 heavy (non-hydrogen) atoms. The van der Waals surface area contributed by atoms with E-state index in [-0.39, 0.29) is 12.5 Å². The van der Waals surface area contributed by atoms with E-state index < -0.39 is 0 Å². The summed E-state index contributed by atoms with van der Waals surface area (Å²) in [5.74, 6) is 0.494. The topological polar surface area (TPSA) is 40.5 Å². The van der Waals surface area contributed by atoms with E-state index in [1.165, 1.54) is 0 Å². The summed E-state index contributed by atoms with van der Waals surface area (Å²) in [4.78, 5) is 13.2. The van der Waals surface area contributed by atoms with Crippen molar-refractivity contribution in [3.63, 3.8) is 0 Å². The van der Waals surface area contributed by atoms with Crippen LogP contribution in [0.1, 0.15) is 19.8 Å². The lowest BCUT2D eigenvalue weighted by Gasteiger charge is -2.30. The molecule has 1 N–H and O–H groups in total. The van der Waals surface area contributed by atoms with Gasteiger partial charge in [-0.2, -0.15) is 0 Å². The highest BCUT2D eigenvalue weighted by molar-refractivity contribution is 5.87. The molecule has 0 aromatic heterocycles. The highest BCUT2D eigenvalue weighted by Crippen LogP contribution is 2.16. The van der Waals surface area contributed by atoms with Gasteiger partial charge >= 0.3 is 0 Å². The lowest BCUT2D eigenvalue weighted by atomic mass is 9.98. The van der Waals surface area contributed by atoms with E-state index in [2.05, 4.69) is 0 Å². The number of carbonyl (C=O) groups excluding carboxylic acids is 1. The Morgan fingerprint density at radius 2 is 2.15 bits per heavy atom. The Kier molecular flexibility index (Phi) is 3.96. The Morgan fingerprint density at radius 3 is 2.62 bits per heavy atom. The first-order valence-electron chi connectivity index (χ1n) is 4.80. The van der Waals surface area contributed by atoms with Gasteiger partial charge < -0.3 is 10.0 Å². The molecule has 0 spiro atoms. The molecule has 0 unspecified atom stereocenters. The average molecular weight is 183 g/mol. The highest BCUT2D eigenvalue weighted by Gasteiger charge is 2.20. The predicted molar refractivity (Wildman–Crippen MR) is 51.2 cm³/mol. The average Bonchev–Trinajstić information content (AvgIpc) is 2.18. The fourth-order valence-electron chi connectivity index (χ4n) is 1.58. The number of piperidine rings is 1. The van der Waals surface area contributed by atoms with Crippen molar-refractivity contribution in [2.75, 3.05) is 19.7 Å². The number of aliphatic hydroxyl groups excluding tert-OH is 1. The number of rotatable bonds is 2. The van der Waals surface area contributed by atoms with Crippen LogP contribution in [0.15, 0.2) is 12.2 Å². The van der Waals surface area contributed by atoms with Crippen molar-refractivity contribution >= 4 is 5.91 Å². The first-order valence-corrected chi connectivity index (χ1v) is 4.80. The molecule has 1 aliphatic rings. The van der Waals surface area contributed by atoms with Gasteiger partial charge in [0.05, 0.1) is 0 Å². The second-order valence-electron chi connectivity index (χ2n) is 3.45. The van der Waals surface area contributed by atoms with Crippen LogP contribution in [0.3, 0.4) is 0 Å². The zero-order chi connectivity index (χ0) is 9.68. The van der Waals surface area contributed by atoms with Gasteiger partial charge in [-0.15, -0.1) is 0 Å². The van der Waals surface area contributed by atoms with Gasteiger partial charge in [-0.25, -0.2) is 0 Å².